The van der Waals surface area contributed by atoms with Crippen LogP contribution in [0.25, 0.3) is 0 Å². The number of rotatable bonds is 10. The third-order valence-corrected chi connectivity index (χ3v) is 3.54. The summed E-state index contributed by atoms with van der Waals surface area (Å²) in [7, 11) is 0. The van der Waals surface area contributed by atoms with Crippen LogP contribution in [0.15, 0.2) is 0 Å². The lowest BCUT2D eigenvalue weighted by molar-refractivity contribution is 0.0493. The molecule has 0 aromatic carbocycles. The molecule has 2 nitrogen and oxygen atoms in total. The Hall–Kier alpha value is -0.0800. The maximum Gasteiger partial charge on any atom is 0.0671 e. The molecule has 0 heterocycles. The topological polar surface area (TPSA) is 21.3 Å². The number of nitrogens with one attached hydrogen (secondary N) is 1. The third kappa shape index (κ3) is 6.49. The summed E-state index contributed by atoms with van der Waals surface area (Å²) in [5, 5.41) is 3.46. The van der Waals surface area contributed by atoms with Crippen LogP contribution in [0.4, 0.5) is 0 Å². The van der Waals surface area contributed by atoms with E-state index in [4.69, 9.17) is 4.74 Å². The second kappa shape index (κ2) is 9.00. The highest BCUT2D eigenvalue weighted by molar-refractivity contribution is 4.69. The highest BCUT2D eigenvalue weighted by Gasteiger charge is 2.16. The second-order valence-electron chi connectivity index (χ2n) is 5.18. The van der Waals surface area contributed by atoms with Gasteiger partial charge in [0.25, 0.3) is 0 Å². The van der Waals surface area contributed by atoms with E-state index in [0.717, 1.165) is 25.6 Å². The van der Waals surface area contributed by atoms with E-state index in [1.54, 1.807) is 0 Å². The number of hydrogen-bond donors (Lipinski definition) is 1. The largest absolute Gasteiger partial charge is 0.377 e. The molecule has 0 amide bonds. The van der Waals surface area contributed by atoms with Crippen LogP contribution in [-0.4, -0.2) is 25.8 Å². The Morgan fingerprint density at radius 1 is 1.31 bits per heavy atom. The molecule has 0 spiro atoms. The van der Waals surface area contributed by atoms with Gasteiger partial charge in [-0.05, 0) is 32.2 Å². The number of hydrogen-bond acceptors (Lipinski definition) is 2. The molecular weight excluding hydrogens is 198 g/mol. The molecular formula is C14H29NO. The van der Waals surface area contributed by atoms with Gasteiger partial charge in [0, 0.05) is 13.2 Å². The predicted molar refractivity (Wildman–Crippen MR) is 69.8 cm³/mol. The zero-order valence-electron chi connectivity index (χ0n) is 11.1. The maximum absolute atomic E-state index is 5.79. The quantitative estimate of drug-likeness (QED) is 0.578. The molecule has 2 heteroatoms. The van der Waals surface area contributed by atoms with E-state index in [1.165, 1.54) is 44.9 Å². The van der Waals surface area contributed by atoms with Gasteiger partial charge < -0.3 is 10.1 Å². The highest BCUT2D eigenvalue weighted by atomic mass is 16.5. The van der Waals surface area contributed by atoms with E-state index >= 15 is 0 Å². The van der Waals surface area contributed by atoms with E-state index in [-0.39, 0.29) is 0 Å². The molecule has 0 bridgehead atoms. The average Bonchev–Trinajstić information content (AvgIpc) is 2.21. The van der Waals surface area contributed by atoms with Crippen molar-refractivity contribution >= 4 is 0 Å². The Bertz CT molecular complexity index is 157. The first-order valence-corrected chi connectivity index (χ1v) is 7.15. The van der Waals surface area contributed by atoms with E-state index < -0.39 is 0 Å². The fraction of sp³-hybridized carbons (Fsp3) is 1.00. The predicted octanol–water partition coefficient (Wildman–Crippen LogP) is 3.36. The van der Waals surface area contributed by atoms with Crippen molar-refractivity contribution in [2.45, 2.75) is 64.9 Å². The first kappa shape index (κ1) is 14.0. The minimum atomic E-state index is 0.377. The summed E-state index contributed by atoms with van der Waals surface area (Å²) in [6.45, 7) is 7.53. The van der Waals surface area contributed by atoms with Gasteiger partial charge in [-0.3, -0.25) is 0 Å². The minimum Gasteiger partial charge on any atom is -0.377 e. The standard InChI is InChI=1S/C14H29NO/c1-3-4-5-10-15-12-13(2)16-11-9-14-7-6-8-14/h13-15H,3-12H2,1-2H3. The first-order valence-electron chi connectivity index (χ1n) is 7.15. The molecule has 1 saturated carbocycles. The second-order valence-corrected chi connectivity index (χ2v) is 5.18. The molecule has 1 fully saturated rings. The lowest BCUT2D eigenvalue weighted by Crippen LogP contribution is -2.28. The molecule has 0 saturated heterocycles. The Morgan fingerprint density at radius 3 is 2.75 bits per heavy atom. The molecule has 1 rings (SSSR count). The lowest BCUT2D eigenvalue weighted by Gasteiger charge is -2.25. The zero-order chi connectivity index (χ0) is 11.6. The molecule has 1 atom stereocenters. The summed E-state index contributed by atoms with van der Waals surface area (Å²) in [5.41, 5.74) is 0. The van der Waals surface area contributed by atoms with Crippen molar-refractivity contribution < 1.29 is 4.74 Å². The van der Waals surface area contributed by atoms with Crippen LogP contribution in [-0.2, 0) is 4.74 Å². The van der Waals surface area contributed by atoms with E-state index in [0.29, 0.717) is 6.10 Å². The van der Waals surface area contributed by atoms with Crippen molar-refractivity contribution in [1.29, 1.82) is 0 Å². The van der Waals surface area contributed by atoms with Crippen LogP contribution >= 0.6 is 0 Å². The fourth-order valence-electron chi connectivity index (χ4n) is 2.08. The van der Waals surface area contributed by atoms with Crippen molar-refractivity contribution in [3.8, 4) is 0 Å². The van der Waals surface area contributed by atoms with Gasteiger partial charge in [0.15, 0.2) is 0 Å². The molecule has 0 aromatic heterocycles. The zero-order valence-corrected chi connectivity index (χ0v) is 11.1. The first-order chi connectivity index (χ1) is 7.83. The van der Waals surface area contributed by atoms with Crippen molar-refractivity contribution in [1.82, 2.24) is 5.32 Å². The SMILES string of the molecule is CCCCCNCC(C)OCCC1CCC1. The molecule has 16 heavy (non-hydrogen) atoms. The van der Waals surface area contributed by atoms with Gasteiger partial charge in [0.1, 0.15) is 0 Å². The monoisotopic (exact) mass is 227 g/mol. The Balaban J connectivity index is 1.80. The Labute approximate surface area is 101 Å². The molecule has 1 aliphatic carbocycles. The van der Waals surface area contributed by atoms with Gasteiger partial charge >= 0.3 is 0 Å². The summed E-state index contributed by atoms with van der Waals surface area (Å²) in [4.78, 5) is 0. The van der Waals surface area contributed by atoms with Gasteiger partial charge in [-0.1, -0.05) is 39.0 Å². The maximum atomic E-state index is 5.79. The van der Waals surface area contributed by atoms with Gasteiger partial charge in [-0.25, -0.2) is 0 Å². The minimum absolute atomic E-state index is 0.377. The highest BCUT2D eigenvalue weighted by Crippen LogP contribution is 2.29. The van der Waals surface area contributed by atoms with Crippen LogP contribution < -0.4 is 5.32 Å². The summed E-state index contributed by atoms with van der Waals surface area (Å²) in [6, 6.07) is 0. The van der Waals surface area contributed by atoms with Crippen LogP contribution in [0, 0.1) is 5.92 Å². The third-order valence-electron chi connectivity index (χ3n) is 3.54. The molecule has 0 radical (unpaired) electrons. The van der Waals surface area contributed by atoms with Crippen molar-refractivity contribution in [2.75, 3.05) is 19.7 Å². The summed E-state index contributed by atoms with van der Waals surface area (Å²) in [5.74, 6) is 0.977. The average molecular weight is 227 g/mol. The van der Waals surface area contributed by atoms with Crippen molar-refractivity contribution in [3.05, 3.63) is 0 Å². The van der Waals surface area contributed by atoms with Gasteiger partial charge in [-0.15, -0.1) is 0 Å². The molecule has 96 valence electrons. The molecule has 1 unspecified atom stereocenters. The van der Waals surface area contributed by atoms with Crippen molar-refractivity contribution in [3.63, 3.8) is 0 Å². The van der Waals surface area contributed by atoms with E-state index in [2.05, 4.69) is 19.2 Å². The Morgan fingerprint density at radius 2 is 2.12 bits per heavy atom. The molecule has 0 aromatic rings. The van der Waals surface area contributed by atoms with Crippen molar-refractivity contribution in [2.24, 2.45) is 5.92 Å². The van der Waals surface area contributed by atoms with Crippen LogP contribution in [0.1, 0.15) is 58.8 Å². The summed E-state index contributed by atoms with van der Waals surface area (Å²) in [6.07, 6.45) is 9.91. The van der Waals surface area contributed by atoms with Crippen LogP contribution in [0.2, 0.25) is 0 Å². The summed E-state index contributed by atoms with van der Waals surface area (Å²) < 4.78 is 5.79. The van der Waals surface area contributed by atoms with Gasteiger partial charge in [0.05, 0.1) is 6.10 Å². The fourth-order valence-corrected chi connectivity index (χ4v) is 2.08. The smallest absolute Gasteiger partial charge is 0.0671 e. The van der Waals surface area contributed by atoms with E-state index in [1.807, 2.05) is 0 Å². The normalized spacial score (nSPS) is 18.4. The van der Waals surface area contributed by atoms with Crippen LogP contribution in [0.3, 0.4) is 0 Å². The number of ether oxygens (including phenoxy) is 1. The molecule has 0 aliphatic heterocycles. The number of unbranched alkanes of at least 4 members (excludes halogenated alkanes) is 2. The van der Waals surface area contributed by atoms with Gasteiger partial charge in [0.2, 0.25) is 0 Å². The Kier molecular flexibility index (Phi) is 7.87. The van der Waals surface area contributed by atoms with Gasteiger partial charge in [-0.2, -0.15) is 0 Å². The summed E-state index contributed by atoms with van der Waals surface area (Å²) >= 11 is 0. The molecule has 1 N–H and O–H groups in total. The molecule has 1 aliphatic rings. The van der Waals surface area contributed by atoms with Crippen LogP contribution in [0.5, 0.6) is 0 Å². The van der Waals surface area contributed by atoms with E-state index in [9.17, 15) is 0 Å². The lowest BCUT2D eigenvalue weighted by atomic mass is 9.83.